The van der Waals surface area contributed by atoms with Crippen LogP contribution in [0.15, 0.2) is 12.4 Å². The van der Waals surface area contributed by atoms with Crippen LogP contribution in [0.5, 0.6) is 0 Å². The minimum Gasteiger partial charge on any atom is -0.317 e. The largest absolute Gasteiger partial charge is 0.317 e. The van der Waals surface area contributed by atoms with Crippen molar-refractivity contribution in [2.75, 3.05) is 19.6 Å². The van der Waals surface area contributed by atoms with Crippen molar-refractivity contribution >= 4 is 0 Å². The van der Waals surface area contributed by atoms with E-state index in [2.05, 4.69) is 21.5 Å². The predicted octanol–water partition coefficient (Wildman–Crippen LogP) is 1.31. The normalized spacial score (nSPS) is 27.7. The van der Waals surface area contributed by atoms with Gasteiger partial charge in [-0.15, -0.1) is 0 Å². The molecule has 0 radical (unpaired) electrons. The molecule has 1 unspecified atom stereocenters. The summed E-state index contributed by atoms with van der Waals surface area (Å²) in [4.78, 5) is 2.72. The molecule has 1 aromatic heterocycles. The van der Waals surface area contributed by atoms with Crippen molar-refractivity contribution in [2.24, 2.45) is 7.05 Å². The highest BCUT2D eigenvalue weighted by atomic mass is 15.3. The van der Waals surface area contributed by atoms with E-state index >= 15 is 0 Å². The van der Waals surface area contributed by atoms with Gasteiger partial charge in [-0.1, -0.05) is 0 Å². The van der Waals surface area contributed by atoms with Crippen molar-refractivity contribution in [1.82, 2.24) is 20.0 Å². The Bertz CT molecular complexity index is 367. The lowest BCUT2D eigenvalue weighted by atomic mass is 10.0. The SMILES string of the molecule is Cn1cc(C2CCCN2C2CCNCC2)cn1. The molecule has 0 bridgehead atoms. The Hall–Kier alpha value is -0.870. The molecular weight excluding hydrogens is 212 g/mol. The molecule has 1 atom stereocenters. The molecule has 2 saturated heterocycles. The summed E-state index contributed by atoms with van der Waals surface area (Å²) in [6.45, 7) is 3.63. The Morgan fingerprint density at radius 2 is 2.12 bits per heavy atom. The Labute approximate surface area is 103 Å². The molecule has 2 fully saturated rings. The lowest BCUT2D eigenvalue weighted by molar-refractivity contribution is 0.148. The lowest BCUT2D eigenvalue weighted by Crippen LogP contribution is -2.42. The molecule has 0 aliphatic carbocycles. The van der Waals surface area contributed by atoms with Gasteiger partial charge in [0.05, 0.1) is 6.20 Å². The standard InChI is InChI=1S/C13H22N4/c1-16-10-11(9-15-16)13-3-2-8-17(13)12-4-6-14-7-5-12/h9-10,12-14H,2-8H2,1H3. The van der Waals surface area contributed by atoms with Gasteiger partial charge in [-0.3, -0.25) is 9.58 Å². The number of hydrogen-bond donors (Lipinski definition) is 1. The van der Waals surface area contributed by atoms with E-state index in [4.69, 9.17) is 0 Å². The van der Waals surface area contributed by atoms with Gasteiger partial charge in [-0.25, -0.2) is 0 Å². The van der Waals surface area contributed by atoms with Crippen LogP contribution in [-0.4, -0.2) is 40.4 Å². The average Bonchev–Trinajstić information content (AvgIpc) is 2.98. The third-order valence-electron chi connectivity index (χ3n) is 4.18. The second-order valence-corrected chi connectivity index (χ2v) is 5.32. The monoisotopic (exact) mass is 234 g/mol. The van der Waals surface area contributed by atoms with Crippen LogP contribution in [0.25, 0.3) is 0 Å². The van der Waals surface area contributed by atoms with Gasteiger partial charge in [-0.2, -0.15) is 5.10 Å². The number of hydrogen-bond acceptors (Lipinski definition) is 3. The van der Waals surface area contributed by atoms with Crippen LogP contribution in [0.2, 0.25) is 0 Å². The van der Waals surface area contributed by atoms with Gasteiger partial charge in [0.2, 0.25) is 0 Å². The molecule has 4 nitrogen and oxygen atoms in total. The average molecular weight is 234 g/mol. The van der Waals surface area contributed by atoms with Crippen molar-refractivity contribution in [2.45, 2.75) is 37.8 Å². The minimum atomic E-state index is 0.617. The van der Waals surface area contributed by atoms with E-state index in [1.807, 2.05) is 17.9 Å². The highest BCUT2D eigenvalue weighted by Gasteiger charge is 2.32. The second kappa shape index (κ2) is 4.78. The first kappa shape index (κ1) is 11.2. The third-order valence-corrected chi connectivity index (χ3v) is 4.18. The first-order valence-corrected chi connectivity index (χ1v) is 6.79. The Morgan fingerprint density at radius 3 is 2.82 bits per heavy atom. The second-order valence-electron chi connectivity index (χ2n) is 5.32. The van der Waals surface area contributed by atoms with Crippen molar-refractivity contribution in [3.8, 4) is 0 Å². The molecule has 0 saturated carbocycles. The van der Waals surface area contributed by atoms with Crippen LogP contribution < -0.4 is 5.32 Å². The topological polar surface area (TPSA) is 33.1 Å². The fraction of sp³-hybridized carbons (Fsp3) is 0.769. The molecule has 4 heteroatoms. The number of aromatic nitrogens is 2. The summed E-state index contributed by atoms with van der Waals surface area (Å²) in [5, 5.41) is 7.77. The lowest BCUT2D eigenvalue weighted by Gasteiger charge is -2.35. The summed E-state index contributed by atoms with van der Waals surface area (Å²) in [5.74, 6) is 0. The van der Waals surface area contributed by atoms with E-state index in [1.165, 1.54) is 50.9 Å². The smallest absolute Gasteiger partial charge is 0.0537 e. The zero-order chi connectivity index (χ0) is 11.7. The molecule has 3 rings (SSSR count). The summed E-state index contributed by atoms with van der Waals surface area (Å²) in [7, 11) is 2.01. The van der Waals surface area contributed by atoms with Gasteiger partial charge in [0.15, 0.2) is 0 Å². The van der Waals surface area contributed by atoms with Crippen LogP contribution >= 0.6 is 0 Å². The molecule has 0 spiro atoms. The van der Waals surface area contributed by atoms with Crippen LogP contribution in [0.4, 0.5) is 0 Å². The molecule has 94 valence electrons. The maximum atomic E-state index is 4.32. The van der Waals surface area contributed by atoms with E-state index in [-0.39, 0.29) is 0 Å². The first-order chi connectivity index (χ1) is 8.34. The predicted molar refractivity (Wildman–Crippen MR) is 67.8 cm³/mol. The van der Waals surface area contributed by atoms with Crippen LogP contribution in [0.1, 0.15) is 37.3 Å². The maximum Gasteiger partial charge on any atom is 0.0537 e. The fourth-order valence-electron chi connectivity index (χ4n) is 3.33. The number of nitrogens with zero attached hydrogens (tertiary/aromatic N) is 3. The van der Waals surface area contributed by atoms with E-state index < -0.39 is 0 Å². The van der Waals surface area contributed by atoms with Gasteiger partial charge < -0.3 is 5.32 Å². The molecule has 3 heterocycles. The molecule has 0 aromatic carbocycles. The number of aryl methyl sites for hydroxylation is 1. The zero-order valence-electron chi connectivity index (χ0n) is 10.6. The van der Waals surface area contributed by atoms with Gasteiger partial charge in [-0.05, 0) is 45.3 Å². The number of rotatable bonds is 2. The summed E-state index contributed by atoms with van der Waals surface area (Å²) < 4.78 is 1.92. The van der Waals surface area contributed by atoms with E-state index in [0.717, 1.165) is 6.04 Å². The van der Waals surface area contributed by atoms with Gasteiger partial charge in [0, 0.05) is 30.9 Å². The molecule has 1 N–H and O–H groups in total. The number of likely N-dealkylation sites (tertiary alicyclic amines) is 1. The molecule has 0 amide bonds. The summed E-state index contributed by atoms with van der Waals surface area (Å²) in [6.07, 6.45) is 9.47. The molecular formula is C13H22N4. The summed E-state index contributed by atoms with van der Waals surface area (Å²) in [6, 6.07) is 1.40. The molecule has 17 heavy (non-hydrogen) atoms. The summed E-state index contributed by atoms with van der Waals surface area (Å²) in [5.41, 5.74) is 1.41. The van der Waals surface area contributed by atoms with E-state index in [9.17, 15) is 0 Å². The molecule has 1 aromatic rings. The van der Waals surface area contributed by atoms with E-state index in [0.29, 0.717) is 6.04 Å². The Balaban J connectivity index is 1.74. The van der Waals surface area contributed by atoms with Crippen LogP contribution in [0, 0.1) is 0 Å². The molecule has 2 aliphatic heterocycles. The quantitative estimate of drug-likeness (QED) is 0.837. The van der Waals surface area contributed by atoms with Gasteiger partial charge >= 0.3 is 0 Å². The van der Waals surface area contributed by atoms with E-state index in [1.54, 1.807) is 0 Å². The fourth-order valence-corrected chi connectivity index (χ4v) is 3.33. The van der Waals surface area contributed by atoms with Crippen LogP contribution in [0.3, 0.4) is 0 Å². The Morgan fingerprint density at radius 1 is 1.29 bits per heavy atom. The highest BCUT2D eigenvalue weighted by Crippen LogP contribution is 2.35. The van der Waals surface area contributed by atoms with Gasteiger partial charge in [0.1, 0.15) is 0 Å². The van der Waals surface area contributed by atoms with Crippen molar-refractivity contribution in [3.05, 3.63) is 18.0 Å². The Kier molecular flexibility index (Phi) is 3.16. The first-order valence-electron chi connectivity index (χ1n) is 6.79. The van der Waals surface area contributed by atoms with Crippen molar-refractivity contribution in [1.29, 1.82) is 0 Å². The third kappa shape index (κ3) is 2.24. The zero-order valence-corrected chi connectivity index (χ0v) is 10.6. The molecule has 2 aliphatic rings. The van der Waals surface area contributed by atoms with Crippen molar-refractivity contribution < 1.29 is 0 Å². The van der Waals surface area contributed by atoms with Crippen molar-refractivity contribution in [3.63, 3.8) is 0 Å². The minimum absolute atomic E-state index is 0.617. The number of nitrogens with one attached hydrogen (secondary N) is 1. The number of piperidine rings is 1. The van der Waals surface area contributed by atoms with Gasteiger partial charge in [0.25, 0.3) is 0 Å². The highest BCUT2D eigenvalue weighted by molar-refractivity contribution is 5.13. The van der Waals surface area contributed by atoms with Crippen LogP contribution in [-0.2, 0) is 7.05 Å². The maximum absolute atomic E-state index is 4.32. The summed E-state index contributed by atoms with van der Waals surface area (Å²) >= 11 is 0.